The molecule has 0 aromatic carbocycles. The number of piperazine rings is 1. The zero-order valence-electron chi connectivity index (χ0n) is 12.9. The van der Waals surface area contributed by atoms with Crippen molar-refractivity contribution in [3.8, 4) is 10.8 Å². The van der Waals surface area contributed by atoms with Crippen LogP contribution in [0.1, 0.15) is 16.6 Å². The lowest BCUT2D eigenvalue weighted by Gasteiger charge is -2.34. The monoisotopic (exact) mass is 333 g/mol. The van der Waals surface area contributed by atoms with Crippen molar-refractivity contribution in [1.29, 1.82) is 0 Å². The third-order valence-corrected chi connectivity index (χ3v) is 4.64. The maximum Gasteiger partial charge on any atom is 0.265 e. The molecule has 1 aliphatic heterocycles. The van der Waals surface area contributed by atoms with E-state index in [-0.39, 0.29) is 12.0 Å². The molecule has 122 valence electrons. The summed E-state index contributed by atoms with van der Waals surface area (Å²) in [6.45, 7) is 5.33. The van der Waals surface area contributed by atoms with Gasteiger partial charge in [0.15, 0.2) is 10.8 Å². The summed E-state index contributed by atoms with van der Waals surface area (Å²) in [5.74, 6) is 0.541. The van der Waals surface area contributed by atoms with Gasteiger partial charge in [-0.25, -0.2) is 15.0 Å². The number of aliphatic hydroxyl groups is 1. The van der Waals surface area contributed by atoms with Crippen LogP contribution in [0.4, 0.5) is 0 Å². The Morgan fingerprint density at radius 1 is 1.26 bits per heavy atom. The van der Waals surface area contributed by atoms with Gasteiger partial charge in [-0.3, -0.25) is 9.69 Å². The molecule has 1 fully saturated rings. The number of rotatable bonds is 4. The molecule has 0 aliphatic carbocycles. The average molecular weight is 333 g/mol. The topological polar surface area (TPSA) is 82.5 Å². The third-order valence-electron chi connectivity index (χ3n) is 3.66. The molecule has 3 heterocycles. The van der Waals surface area contributed by atoms with Crippen molar-refractivity contribution in [3.05, 3.63) is 29.5 Å². The standard InChI is InChI=1S/C15H19N5O2S/c1-11(21)10-19-5-7-20(8-6-19)15(22)12-9-18-14(23-12)13-16-3-2-4-17-13/h2-4,9,11,21H,5-8,10H2,1H3/t11-/m1/s1. The van der Waals surface area contributed by atoms with E-state index in [1.165, 1.54) is 11.3 Å². The Morgan fingerprint density at radius 2 is 1.96 bits per heavy atom. The number of aromatic nitrogens is 3. The van der Waals surface area contributed by atoms with Gasteiger partial charge in [-0.1, -0.05) is 0 Å². The largest absolute Gasteiger partial charge is 0.392 e. The molecule has 1 saturated heterocycles. The van der Waals surface area contributed by atoms with Crippen LogP contribution in [0.15, 0.2) is 24.7 Å². The molecular formula is C15H19N5O2S. The number of carbonyl (C=O) groups excluding carboxylic acids is 1. The fourth-order valence-electron chi connectivity index (χ4n) is 2.55. The number of thiazole rings is 1. The van der Waals surface area contributed by atoms with Crippen molar-refractivity contribution in [2.24, 2.45) is 0 Å². The fraction of sp³-hybridized carbons (Fsp3) is 0.467. The van der Waals surface area contributed by atoms with Crippen LogP contribution in [0.2, 0.25) is 0 Å². The second-order valence-electron chi connectivity index (χ2n) is 5.54. The maximum absolute atomic E-state index is 12.6. The minimum absolute atomic E-state index is 0.00128. The SMILES string of the molecule is C[C@@H](O)CN1CCN(C(=O)c2cnc(-c3ncccn3)s2)CC1. The zero-order valence-corrected chi connectivity index (χ0v) is 13.7. The molecular weight excluding hydrogens is 314 g/mol. The highest BCUT2D eigenvalue weighted by Crippen LogP contribution is 2.23. The molecule has 8 heteroatoms. The average Bonchev–Trinajstić information content (AvgIpc) is 3.05. The van der Waals surface area contributed by atoms with Gasteiger partial charge >= 0.3 is 0 Å². The Labute approximate surface area is 138 Å². The maximum atomic E-state index is 12.6. The van der Waals surface area contributed by atoms with Crippen molar-refractivity contribution in [1.82, 2.24) is 24.8 Å². The first-order valence-electron chi connectivity index (χ1n) is 7.56. The number of hydrogen-bond acceptors (Lipinski definition) is 7. The summed E-state index contributed by atoms with van der Waals surface area (Å²) in [5.41, 5.74) is 0. The highest BCUT2D eigenvalue weighted by Gasteiger charge is 2.24. The molecule has 0 saturated carbocycles. The smallest absolute Gasteiger partial charge is 0.265 e. The molecule has 23 heavy (non-hydrogen) atoms. The van der Waals surface area contributed by atoms with E-state index in [1.54, 1.807) is 31.6 Å². The quantitative estimate of drug-likeness (QED) is 0.889. The Bertz CT molecular complexity index is 653. The summed E-state index contributed by atoms with van der Waals surface area (Å²) in [4.78, 5) is 29.7. The normalized spacial score (nSPS) is 17.2. The Morgan fingerprint density at radius 3 is 2.61 bits per heavy atom. The number of hydrogen-bond donors (Lipinski definition) is 1. The van der Waals surface area contributed by atoms with Gasteiger partial charge in [0.25, 0.3) is 5.91 Å². The van der Waals surface area contributed by atoms with E-state index < -0.39 is 0 Å². The first-order chi connectivity index (χ1) is 11.1. The molecule has 1 amide bonds. The molecule has 7 nitrogen and oxygen atoms in total. The molecule has 1 N–H and O–H groups in total. The predicted molar refractivity (Wildman–Crippen MR) is 87.2 cm³/mol. The van der Waals surface area contributed by atoms with Gasteiger partial charge in [0.2, 0.25) is 0 Å². The summed E-state index contributed by atoms with van der Waals surface area (Å²) in [6.07, 6.45) is 4.58. The van der Waals surface area contributed by atoms with E-state index in [4.69, 9.17) is 0 Å². The summed E-state index contributed by atoms with van der Waals surface area (Å²) < 4.78 is 0. The van der Waals surface area contributed by atoms with Crippen molar-refractivity contribution < 1.29 is 9.90 Å². The van der Waals surface area contributed by atoms with E-state index in [0.717, 1.165) is 13.1 Å². The molecule has 2 aromatic heterocycles. The molecule has 0 unspecified atom stereocenters. The predicted octanol–water partition coefficient (Wildman–Crippen LogP) is 0.739. The van der Waals surface area contributed by atoms with E-state index >= 15 is 0 Å². The highest BCUT2D eigenvalue weighted by atomic mass is 32.1. The van der Waals surface area contributed by atoms with Crippen LogP contribution in [-0.4, -0.2) is 74.6 Å². The number of carbonyl (C=O) groups is 1. The summed E-state index contributed by atoms with van der Waals surface area (Å²) in [5, 5.41) is 10.1. The van der Waals surface area contributed by atoms with Crippen LogP contribution < -0.4 is 0 Å². The molecule has 2 aromatic rings. The van der Waals surface area contributed by atoms with Gasteiger partial charge in [-0.15, -0.1) is 11.3 Å². The molecule has 0 radical (unpaired) electrons. The van der Waals surface area contributed by atoms with E-state index in [0.29, 0.717) is 35.3 Å². The van der Waals surface area contributed by atoms with Crippen molar-refractivity contribution in [2.45, 2.75) is 13.0 Å². The van der Waals surface area contributed by atoms with E-state index in [2.05, 4.69) is 19.9 Å². The summed E-state index contributed by atoms with van der Waals surface area (Å²) >= 11 is 1.32. The second kappa shape index (κ2) is 7.12. The molecule has 0 bridgehead atoms. The fourth-order valence-corrected chi connectivity index (χ4v) is 3.38. The Kier molecular flexibility index (Phi) is 4.94. The highest BCUT2D eigenvalue weighted by molar-refractivity contribution is 7.16. The lowest BCUT2D eigenvalue weighted by atomic mass is 10.2. The van der Waals surface area contributed by atoms with Crippen molar-refractivity contribution >= 4 is 17.2 Å². The first-order valence-corrected chi connectivity index (χ1v) is 8.38. The van der Waals surface area contributed by atoms with Gasteiger partial charge in [-0.2, -0.15) is 0 Å². The van der Waals surface area contributed by atoms with Crippen LogP contribution in [0.3, 0.4) is 0 Å². The zero-order chi connectivity index (χ0) is 16.2. The van der Waals surface area contributed by atoms with Crippen LogP contribution in [0.25, 0.3) is 10.8 Å². The number of amides is 1. The van der Waals surface area contributed by atoms with Gasteiger partial charge in [0.05, 0.1) is 12.3 Å². The van der Waals surface area contributed by atoms with Gasteiger partial charge in [0, 0.05) is 45.1 Å². The van der Waals surface area contributed by atoms with Gasteiger partial charge in [0.1, 0.15) is 4.88 Å². The lowest BCUT2D eigenvalue weighted by Crippen LogP contribution is -2.50. The second-order valence-corrected chi connectivity index (χ2v) is 6.57. The number of aliphatic hydroxyl groups excluding tert-OH is 1. The van der Waals surface area contributed by atoms with Crippen LogP contribution in [0.5, 0.6) is 0 Å². The molecule has 3 rings (SSSR count). The van der Waals surface area contributed by atoms with Crippen LogP contribution >= 0.6 is 11.3 Å². The molecule has 1 aliphatic rings. The van der Waals surface area contributed by atoms with Gasteiger partial charge in [-0.05, 0) is 13.0 Å². The Hall–Kier alpha value is -1.90. The summed E-state index contributed by atoms with van der Waals surface area (Å²) in [6, 6.07) is 1.75. The molecule has 1 atom stereocenters. The third kappa shape index (κ3) is 3.90. The summed E-state index contributed by atoms with van der Waals surface area (Å²) in [7, 11) is 0. The van der Waals surface area contributed by atoms with Crippen molar-refractivity contribution in [3.63, 3.8) is 0 Å². The van der Waals surface area contributed by atoms with Gasteiger partial charge < -0.3 is 10.0 Å². The number of β-amino-alcohol motifs (C(OH)–C–C–N with tert-alkyl or cyclic N) is 1. The minimum atomic E-state index is -0.341. The van der Waals surface area contributed by atoms with Crippen LogP contribution in [-0.2, 0) is 0 Å². The van der Waals surface area contributed by atoms with Crippen molar-refractivity contribution in [2.75, 3.05) is 32.7 Å². The number of nitrogens with zero attached hydrogens (tertiary/aromatic N) is 5. The Balaban J connectivity index is 1.62. The minimum Gasteiger partial charge on any atom is -0.392 e. The van der Waals surface area contributed by atoms with Crippen LogP contribution in [0, 0.1) is 0 Å². The first kappa shape index (κ1) is 16.0. The van der Waals surface area contributed by atoms with E-state index in [9.17, 15) is 9.90 Å². The van der Waals surface area contributed by atoms with E-state index in [1.807, 2.05) is 4.90 Å². The lowest BCUT2D eigenvalue weighted by molar-refractivity contribution is 0.0558. The molecule has 0 spiro atoms.